The van der Waals surface area contributed by atoms with Crippen molar-refractivity contribution in [3.8, 4) is 5.88 Å². The zero-order valence-electron chi connectivity index (χ0n) is 18.2. The van der Waals surface area contributed by atoms with E-state index in [-0.39, 0.29) is 22.2 Å². The fraction of sp³-hybridized carbons (Fsp3) is 0.364. The van der Waals surface area contributed by atoms with Crippen LogP contribution in [0.1, 0.15) is 32.6 Å². The van der Waals surface area contributed by atoms with E-state index in [1.165, 1.54) is 16.4 Å². The molecule has 0 spiro atoms. The number of unbranched alkanes of at least 4 members (excludes halogenated alkanes) is 1. The van der Waals surface area contributed by atoms with Gasteiger partial charge in [0.1, 0.15) is 0 Å². The fourth-order valence-electron chi connectivity index (χ4n) is 3.99. The van der Waals surface area contributed by atoms with Crippen LogP contribution in [0.2, 0.25) is 0 Å². The summed E-state index contributed by atoms with van der Waals surface area (Å²) in [6, 6.07) is 10.9. The first-order chi connectivity index (χ1) is 15.8. The van der Waals surface area contributed by atoms with E-state index in [1.54, 1.807) is 10.6 Å². The molecule has 0 unspecified atom stereocenters. The molecule has 0 aliphatic carbocycles. The number of sulfonamides is 1. The Morgan fingerprint density at radius 1 is 1.12 bits per heavy atom. The van der Waals surface area contributed by atoms with Gasteiger partial charge in [-0.15, -0.1) is 10.2 Å². The topological polar surface area (TPSA) is 130 Å². The number of azo groups is 1. The highest BCUT2D eigenvalue weighted by atomic mass is 32.2. The smallest absolute Gasteiger partial charge is 0.298 e. The first kappa shape index (κ1) is 22.9. The minimum atomic E-state index is -3.81. The molecule has 1 aliphatic heterocycles. The maximum atomic E-state index is 12.8. The largest absolute Gasteiger partial charge is 0.493 e. The standard InChI is InChI=1S/C22H25N5O5S/c1-2-3-14-26-19-9-5-4-8-17(19)21(22(26)28)24-23-18-11-10-16(15-20(18)27(29)30)33(31,32)25-12-6-7-13-25/h4-5,8-11,15,28H,2-3,6-7,12-14H2,1H3. The molecule has 4 rings (SSSR count). The van der Waals surface area contributed by atoms with E-state index in [9.17, 15) is 23.6 Å². The Hall–Kier alpha value is -3.31. The van der Waals surface area contributed by atoms with E-state index >= 15 is 0 Å². The maximum absolute atomic E-state index is 12.8. The molecule has 1 fully saturated rings. The van der Waals surface area contributed by atoms with Crippen LogP contribution in [0.3, 0.4) is 0 Å². The number of nitrogens with zero attached hydrogens (tertiary/aromatic N) is 5. The highest BCUT2D eigenvalue weighted by Crippen LogP contribution is 2.41. The van der Waals surface area contributed by atoms with Crippen LogP contribution in [0.5, 0.6) is 5.88 Å². The van der Waals surface area contributed by atoms with Crippen LogP contribution in [0.4, 0.5) is 17.1 Å². The van der Waals surface area contributed by atoms with Crippen molar-refractivity contribution in [3.63, 3.8) is 0 Å². The van der Waals surface area contributed by atoms with Gasteiger partial charge in [-0.1, -0.05) is 31.5 Å². The Balaban J connectivity index is 1.74. The molecule has 0 atom stereocenters. The van der Waals surface area contributed by atoms with Crippen LogP contribution >= 0.6 is 0 Å². The van der Waals surface area contributed by atoms with Gasteiger partial charge in [-0.25, -0.2) is 8.42 Å². The van der Waals surface area contributed by atoms with Gasteiger partial charge in [-0.05, 0) is 37.5 Å². The second-order valence-corrected chi connectivity index (χ2v) is 9.85. The van der Waals surface area contributed by atoms with E-state index in [4.69, 9.17) is 0 Å². The molecule has 1 aromatic heterocycles. The molecule has 11 heteroatoms. The Kier molecular flexibility index (Phi) is 6.43. The van der Waals surface area contributed by atoms with Crippen molar-refractivity contribution in [1.82, 2.24) is 8.87 Å². The SMILES string of the molecule is CCCCn1c(O)c(N=Nc2ccc(S(=O)(=O)N3CCCC3)cc2[N+](=O)[O-])c2ccccc21. The molecule has 0 radical (unpaired) electrons. The molecular weight excluding hydrogens is 446 g/mol. The predicted octanol–water partition coefficient (Wildman–Crippen LogP) is 5.26. The van der Waals surface area contributed by atoms with Gasteiger partial charge in [0.05, 0.1) is 15.3 Å². The number of aryl methyl sites for hydroxylation is 1. The number of hydrogen-bond donors (Lipinski definition) is 1. The number of fused-ring (bicyclic) bond motifs is 1. The van der Waals surface area contributed by atoms with Crippen LogP contribution < -0.4 is 0 Å². The lowest BCUT2D eigenvalue weighted by molar-refractivity contribution is -0.384. The van der Waals surface area contributed by atoms with Crippen molar-refractivity contribution in [3.05, 3.63) is 52.6 Å². The van der Waals surface area contributed by atoms with Gasteiger partial charge in [-0.2, -0.15) is 4.31 Å². The molecule has 174 valence electrons. The summed E-state index contributed by atoms with van der Waals surface area (Å²) in [5.74, 6) is -0.0655. The van der Waals surface area contributed by atoms with E-state index < -0.39 is 20.6 Å². The molecule has 2 heterocycles. The van der Waals surface area contributed by atoms with E-state index in [0.717, 1.165) is 37.3 Å². The lowest BCUT2D eigenvalue weighted by Gasteiger charge is -2.15. The first-order valence-electron chi connectivity index (χ1n) is 10.8. The Morgan fingerprint density at radius 2 is 1.85 bits per heavy atom. The third kappa shape index (κ3) is 4.33. The molecule has 1 N–H and O–H groups in total. The first-order valence-corrected chi connectivity index (χ1v) is 12.3. The van der Waals surface area contributed by atoms with Crippen LogP contribution in [-0.4, -0.2) is 40.4 Å². The Bertz CT molecular complexity index is 1330. The number of para-hydroxylation sites is 1. The van der Waals surface area contributed by atoms with Crippen molar-refractivity contribution in [2.45, 2.75) is 44.0 Å². The summed E-state index contributed by atoms with van der Waals surface area (Å²) in [7, 11) is -3.81. The minimum absolute atomic E-state index is 0.0655. The number of benzene rings is 2. The molecule has 0 amide bonds. The Labute approximate surface area is 191 Å². The summed E-state index contributed by atoms with van der Waals surface area (Å²) in [6.45, 7) is 3.45. The van der Waals surface area contributed by atoms with Gasteiger partial charge in [0, 0.05) is 31.1 Å². The number of aromatic nitrogens is 1. The van der Waals surface area contributed by atoms with Crippen LogP contribution in [0.15, 0.2) is 57.6 Å². The number of nitro groups is 1. The summed E-state index contributed by atoms with van der Waals surface area (Å²) in [5, 5.41) is 31.3. The molecule has 1 saturated heterocycles. The van der Waals surface area contributed by atoms with Gasteiger partial charge < -0.3 is 9.67 Å². The average Bonchev–Trinajstić information content (AvgIpc) is 3.44. The lowest BCUT2D eigenvalue weighted by atomic mass is 10.2. The molecule has 0 saturated carbocycles. The number of aromatic hydroxyl groups is 1. The highest BCUT2D eigenvalue weighted by molar-refractivity contribution is 7.89. The molecule has 10 nitrogen and oxygen atoms in total. The monoisotopic (exact) mass is 471 g/mol. The second kappa shape index (κ2) is 9.28. The van der Waals surface area contributed by atoms with E-state index in [1.807, 2.05) is 18.2 Å². The van der Waals surface area contributed by atoms with Gasteiger partial charge in [0.2, 0.25) is 15.9 Å². The minimum Gasteiger partial charge on any atom is -0.493 e. The third-order valence-corrected chi connectivity index (χ3v) is 7.65. The van der Waals surface area contributed by atoms with Crippen LogP contribution in [0, 0.1) is 10.1 Å². The third-order valence-electron chi connectivity index (χ3n) is 5.76. The van der Waals surface area contributed by atoms with Crippen molar-refractivity contribution >= 4 is 38.0 Å². The molecule has 33 heavy (non-hydrogen) atoms. The van der Waals surface area contributed by atoms with E-state index in [2.05, 4.69) is 17.2 Å². The van der Waals surface area contributed by atoms with Gasteiger partial charge in [0.15, 0.2) is 11.4 Å². The lowest BCUT2D eigenvalue weighted by Crippen LogP contribution is -2.27. The molecular formula is C22H25N5O5S. The number of nitro benzene ring substituents is 1. The normalized spacial score (nSPS) is 15.1. The van der Waals surface area contributed by atoms with Crippen molar-refractivity contribution in [2.24, 2.45) is 10.2 Å². The molecule has 2 aromatic carbocycles. The zero-order valence-corrected chi connectivity index (χ0v) is 19.0. The van der Waals surface area contributed by atoms with Crippen LogP contribution in [0.25, 0.3) is 10.9 Å². The maximum Gasteiger partial charge on any atom is 0.298 e. The molecule has 0 bridgehead atoms. The van der Waals surface area contributed by atoms with Crippen molar-refractivity contribution < 1.29 is 18.4 Å². The summed E-state index contributed by atoms with van der Waals surface area (Å²) in [6.07, 6.45) is 3.34. The summed E-state index contributed by atoms with van der Waals surface area (Å²) in [4.78, 5) is 10.9. The quantitative estimate of drug-likeness (QED) is 0.272. The average molecular weight is 472 g/mol. The predicted molar refractivity (Wildman–Crippen MR) is 124 cm³/mol. The summed E-state index contributed by atoms with van der Waals surface area (Å²) >= 11 is 0. The molecule has 3 aromatic rings. The number of hydrogen-bond acceptors (Lipinski definition) is 7. The summed E-state index contributed by atoms with van der Waals surface area (Å²) < 4.78 is 28.7. The van der Waals surface area contributed by atoms with Gasteiger partial charge in [-0.3, -0.25) is 10.1 Å². The van der Waals surface area contributed by atoms with E-state index in [0.29, 0.717) is 25.0 Å². The second-order valence-electron chi connectivity index (χ2n) is 7.91. The Morgan fingerprint density at radius 3 is 2.55 bits per heavy atom. The highest BCUT2D eigenvalue weighted by Gasteiger charge is 2.29. The van der Waals surface area contributed by atoms with Crippen molar-refractivity contribution in [1.29, 1.82) is 0 Å². The summed E-state index contributed by atoms with van der Waals surface area (Å²) in [5.41, 5.74) is 0.446. The molecule has 1 aliphatic rings. The van der Waals surface area contributed by atoms with Crippen molar-refractivity contribution in [2.75, 3.05) is 13.1 Å². The van der Waals surface area contributed by atoms with Gasteiger partial charge >= 0.3 is 0 Å². The fourth-order valence-corrected chi connectivity index (χ4v) is 5.53. The number of rotatable bonds is 8. The zero-order chi connectivity index (χ0) is 23.6. The van der Waals surface area contributed by atoms with Crippen LogP contribution in [-0.2, 0) is 16.6 Å². The van der Waals surface area contributed by atoms with Gasteiger partial charge in [0.25, 0.3) is 5.69 Å².